The van der Waals surface area contributed by atoms with Crippen LogP contribution in [0.2, 0.25) is 0 Å². The molecular weight excluding hydrogens is 383 g/mol. The van der Waals surface area contributed by atoms with Crippen LogP contribution >= 0.6 is 0 Å². The van der Waals surface area contributed by atoms with E-state index in [1.54, 1.807) is 16.8 Å². The molecule has 160 valence electrons. The van der Waals surface area contributed by atoms with Crippen LogP contribution in [0.3, 0.4) is 0 Å². The van der Waals surface area contributed by atoms with Gasteiger partial charge in [-0.1, -0.05) is 6.07 Å². The van der Waals surface area contributed by atoms with Crippen LogP contribution in [0.4, 0.5) is 4.39 Å². The van der Waals surface area contributed by atoms with Gasteiger partial charge in [-0.2, -0.15) is 0 Å². The van der Waals surface area contributed by atoms with Crippen molar-refractivity contribution < 1.29 is 18.7 Å². The average molecular weight is 413 g/mol. The molecule has 2 aromatic rings. The van der Waals surface area contributed by atoms with Crippen molar-refractivity contribution in [2.24, 2.45) is 5.92 Å². The summed E-state index contributed by atoms with van der Waals surface area (Å²) in [6.07, 6.45) is 1.27. The molecule has 0 bridgehead atoms. The van der Waals surface area contributed by atoms with Gasteiger partial charge in [0.15, 0.2) is 0 Å². The summed E-state index contributed by atoms with van der Waals surface area (Å²) in [6, 6.07) is 11.6. The molecule has 0 N–H and O–H groups in total. The minimum absolute atomic E-state index is 0.0894. The Morgan fingerprint density at radius 1 is 1.07 bits per heavy atom. The lowest BCUT2D eigenvalue weighted by atomic mass is 9.95. The van der Waals surface area contributed by atoms with E-state index in [1.165, 1.54) is 24.3 Å². The molecule has 3 rings (SSSR count). The van der Waals surface area contributed by atoms with Gasteiger partial charge >= 0.3 is 0 Å². The summed E-state index contributed by atoms with van der Waals surface area (Å²) in [5, 5.41) is 0. The summed E-state index contributed by atoms with van der Waals surface area (Å²) in [6.45, 7) is 6.07. The Morgan fingerprint density at radius 3 is 2.27 bits per heavy atom. The number of likely N-dealkylation sites (N-methyl/N-ethyl adjacent to an activating group) is 1. The first-order valence-corrected chi connectivity index (χ1v) is 10.3. The highest BCUT2D eigenvalue weighted by molar-refractivity contribution is 5.94. The lowest BCUT2D eigenvalue weighted by Crippen LogP contribution is -2.44. The minimum Gasteiger partial charge on any atom is -0.492 e. The molecule has 0 unspecified atom stereocenters. The summed E-state index contributed by atoms with van der Waals surface area (Å²) in [5.74, 6) is 0.346. The zero-order valence-corrected chi connectivity index (χ0v) is 17.9. The van der Waals surface area contributed by atoms with E-state index in [1.807, 2.05) is 26.0 Å². The van der Waals surface area contributed by atoms with E-state index in [-0.39, 0.29) is 23.5 Å². The molecule has 2 aromatic carbocycles. The van der Waals surface area contributed by atoms with Crippen molar-refractivity contribution in [1.29, 1.82) is 0 Å². The van der Waals surface area contributed by atoms with Gasteiger partial charge in [0.2, 0.25) is 5.91 Å². The Kier molecular flexibility index (Phi) is 7.08. The van der Waals surface area contributed by atoms with E-state index >= 15 is 0 Å². The zero-order valence-electron chi connectivity index (χ0n) is 17.9. The van der Waals surface area contributed by atoms with Crippen LogP contribution in [0.5, 0.6) is 5.75 Å². The highest BCUT2D eigenvalue weighted by atomic mass is 19.1. The number of hydrogen-bond acceptors (Lipinski definition) is 3. The Hall–Kier alpha value is -2.89. The second-order valence-corrected chi connectivity index (χ2v) is 8.01. The highest BCUT2D eigenvalue weighted by Crippen LogP contribution is 2.21. The molecular formula is C24H29FN2O3. The van der Waals surface area contributed by atoms with Gasteiger partial charge < -0.3 is 14.5 Å². The number of halogens is 1. The molecule has 0 spiro atoms. The second kappa shape index (κ2) is 9.74. The molecule has 0 saturated carbocycles. The number of carbonyl (C=O) groups excluding carboxylic acids is 2. The number of nitrogens with zero attached hydrogens (tertiary/aromatic N) is 2. The van der Waals surface area contributed by atoms with Crippen molar-refractivity contribution >= 4 is 11.8 Å². The smallest absolute Gasteiger partial charge is 0.253 e. The summed E-state index contributed by atoms with van der Waals surface area (Å²) >= 11 is 0. The first kappa shape index (κ1) is 21.8. The fourth-order valence-electron chi connectivity index (χ4n) is 3.84. The largest absolute Gasteiger partial charge is 0.492 e. The quantitative estimate of drug-likeness (QED) is 0.725. The number of rotatable bonds is 6. The van der Waals surface area contributed by atoms with Crippen LogP contribution in [0.1, 0.15) is 34.3 Å². The van der Waals surface area contributed by atoms with Gasteiger partial charge in [-0.25, -0.2) is 4.39 Å². The monoisotopic (exact) mass is 412 g/mol. The Balaban J connectivity index is 1.44. The highest BCUT2D eigenvalue weighted by Gasteiger charge is 2.29. The average Bonchev–Trinajstić information content (AvgIpc) is 2.72. The number of aryl methyl sites for hydroxylation is 2. The number of hydrogen-bond donors (Lipinski definition) is 0. The maximum absolute atomic E-state index is 13.1. The SMILES string of the molecule is Cc1cc(C)cc(OCCN(C)C(=O)C2CCN(C(=O)c3ccc(F)cc3)CC2)c1. The number of ether oxygens (including phenoxy) is 1. The first-order chi connectivity index (χ1) is 14.3. The van der Waals surface area contributed by atoms with Gasteiger partial charge in [0.25, 0.3) is 5.91 Å². The van der Waals surface area contributed by atoms with E-state index in [0.29, 0.717) is 44.6 Å². The van der Waals surface area contributed by atoms with Crippen molar-refractivity contribution in [1.82, 2.24) is 9.80 Å². The van der Waals surface area contributed by atoms with Gasteiger partial charge in [-0.3, -0.25) is 9.59 Å². The van der Waals surface area contributed by atoms with E-state index in [9.17, 15) is 14.0 Å². The lowest BCUT2D eigenvalue weighted by molar-refractivity contribution is -0.135. The molecule has 1 saturated heterocycles. The van der Waals surface area contributed by atoms with Gasteiger partial charge in [-0.05, 0) is 74.2 Å². The molecule has 5 nitrogen and oxygen atoms in total. The Labute approximate surface area is 177 Å². The van der Waals surface area contributed by atoms with E-state index in [2.05, 4.69) is 6.07 Å². The van der Waals surface area contributed by atoms with E-state index < -0.39 is 0 Å². The summed E-state index contributed by atoms with van der Waals surface area (Å²) < 4.78 is 18.9. The number of piperidine rings is 1. The molecule has 6 heteroatoms. The van der Waals surface area contributed by atoms with Crippen LogP contribution in [0.15, 0.2) is 42.5 Å². The van der Waals surface area contributed by atoms with Crippen molar-refractivity contribution in [3.05, 3.63) is 65.0 Å². The van der Waals surface area contributed by atoms with E-state index in [4.69, 9.17) is 4.74 Å². The van der Waals surface area contributed by atoms with Gasteiger partial charge in [0.1, 0.15) is 18.2 Å². The van der Waals surface area contributed by atoms with Gasteiger partial charge in [0, 0.05) is 31.6 Å². The normalized spacial score (nSPS) is 14.5. The molecule has 0 atom stereocenters. The summed E-state index contributed by atoms with van der Waals surface area (Å²) in [4.78, 5) is 28.7. The van der Waals surface area contributed by atoms with Crippen LogP contribution in [-0.2, 0) is 4.79 Å². The first-order valence-electron chi connectivity index (χ1n) is 10.3. The van der Waals surface area contributed by atoms with Crippen molar-refractivity contribution in [2.45, 2.75) is 26.7 Å². The molecule has 0 aromatic heterocycles. The zero-order chi connectivity index (χ0) is 21.7. The fourth-order valence-corrected chi connectivity index (χ4v) is 3.84. The predicted molar refractivity (Wildman–Crippen MR) is 114 cm³/mol. The third-order valence-corrected chi connectivity index (χ3v) is 5.49. The maximum Gasteiger partial charge on any atom is 0.253 e. The third-order valence-electron chi connectivity index (χ3n) is 5.49. The predicted octanol–water partition coefficient (Wildman–Crippen LogP) is 3.83. The maximum atomic E-state index is 13.1. The Bertz CT molecular complexity index is 870. The molecule has 1 fully saturated rings. The number of benzene rings is 2. The standard InChI is InChI=1S/C24H29FN2O3/c1-17-14-18(2)16-22(15-17)30-13-12-26(3)23(28)20-8-10-27(11-9-20)24(29)19-4-6-21(25)7-5-19/h4-7,14-16,20H,8-13H2,1-3H3. The van der Waals surface area contributed by atoms with Gasteiger partial charge in [0.05, 0.1) is 6.54 Å². The lowest BCUT2D eigenvalue weighted by Gasteiger charge is -2.33. The molecule has 2 amide bonds. The molecule has 0 aliphatic carbocycles. The number of amides is 2. The molecule has 30 heavy (non-hydrogen) atoms. The molecule has 0 radical (unpaired) electrons. The van der Waals surface area contributed by atoms with E-state index in [0.717, 1.165) is 16.9 Å². The number of carbonyl (C=O) groups is 2. The summed E-state index contributed by atoms with van der Waals surface area (Å²) in [7, 11) is 1.79. The van der Waals surface area contributed by atoms with Crippen molar-refractivity contribution in [3.63, 3.8) is 0 Å². The minimum atomic E-state index is -0.361. The van der Waals surface area contributed by atoms with Crippen LogP contribution < -0.4 is 4.74 Å². The second-order valence-electron chi connectivity index (χ2n) is 8.01. The fraction of sp³-hybridized carbons (Fsp3) is 0.417. The number of likely N-dealkylation sites (tertiary alicyclic amines) is 1. The van der Waals surface area contributed by atoms with Crippen molar-refractivity contribution in [2.75, 3.05) is 33.3 Å². The Morgan fingerprint density at radius 2 is 1.67 bits per heavy atom. The van der Waals surface area contributed by atoms with Gasteiger partial charge in [-0.15, -0.1) is 0 Å². The molecule has 1 aliphatic rings. The summed E-state index contributed by atoms with van der Waals surface area (Å²) in [5.41, 5.74) is 2.77. The van der Waals surface area contributed by atoms with Crippen LogP contribution in [-0.4, -0.2) is 54.9 Å². The van der Waals surface area contributed by atoms with Crippen LogP contribution in [0, 0.1) is 25.6 Å². The molecule has 1 heterocycles. The van der Waals surface area contributed by atoms with Crippen LogP contribution in [0.25, 0.3) is 0 Å². The third kappa shape index (κ3) is 5.59. The molecule has 1 aliphatic heterocycles. The topological polar surface area (TPSA) is 49.9 Å². The van der Waals surface area contributed by atoms with Crippen molar-refractivity contribution in [3.8, 4) is 5.75 Å².